The van der Waals surface area contributed by atoms with E-state index in [1.807, 2.05) is 30.3 Å². The van der Waals surface area contributed by atoms with E-state index >= 15 is 0 Å². The van der Waals surface area contributed by atoms with Crippen LogP contribution in [0.4, 0.5) is 0 Å². The topological polar surface area (TPSA) is 38.7 Å². The van der Waals surface area contributed by atoms with E-state index in [2.05, 4.69) is 109 Å². The molecule has 0 atom stereocenters. The average molecular weight is 527 g/mol. The van der Waals surface area contributed by atoms with Gasteiger partial charge in [0.25, 0.3) is 0 Å². The zero-order valence-electron chi connectivity index (χ0n) is 22.1. The van der Waals surface area contributed by atoms with Gasteiger partial charge in [-0.25, -0.2) is 0 Å². The van der Waals surface area contributed by atoms with Crippen LogP contribution < -0.4 is 9.39 Å². The molecule has 0 fully saturated rings. The first-order valence-electron chi connectivity index (χ1n) is 13.7. The quantitative estimate of drug-likeness (QED) is 0.234. The van der Waals surface area contributed by atoms with Crippen LogP contribution >= 0.6 is 0 Å². The normalized spacial score (nSPS) is 13.4. The van der Waals surface area contributed by atoms with E-state index in [4.69, 9.17) is 14.4 Å². The van der Waals surface area contributed by atoms with Gasteiger partial charge in [0.2, 0.25) is 0 Å². The summed E-state index contributed by atoms with van der Waals surface area (Å²) < 4.78 is 11.8. The molecular formula is C37H24BO3. The van der Waals surface area contributed by atoms with Crippen LogP contribution in [0.1, 0.15) is 22.3 Å². The lowest BCUT2D eigenvalue weighted by Gasteiger charge is -2.39. The van der Waals surface area contributed by atoms with E-state index in [0.717, 1.165) is 44.9 Å². The molecule has 1 radical (unpaired) electrons. The lowest BCUT2D eigenvalue weighted by molar-refractivity contribution is 0.436. The molecule has 0 unspecified atom stereocenters. The molecule has 0 amide bonds. The zero-order valence-corrected chi connectivity index (χ0v) is 22.1. The van der Waals surface area contributed by atoms with Crippen molar-refractivity contribution in [3.63, 3.8) is 0 Å². The summed E-state index contributed by atoms with van der Waals surface area (Å²) in [5, 5.41) is 9.08. The maximum absolute atomic E-state index is 9.08. The van der Waals surface area contributed by atoms with Crippen molar-refractivity contribution in [3.05, 3.63) is 162 Å². The highest BCUT2D eigenvalue weighted by atomic mass is 16.5. The van der Waals surface area contributed by atoms with Crippen LogP contribution in [0.5, 0.6) is 17.2 Å². The maximum atomic E-state index is 9.08. The molecule has 2 aliphatic rings. The number of rotatable bonds is 4. The molecule has 193 valence electrons. The molecule has 1 N–H and O–H groups in total. The predicted molar refractivity (Wildman–Crippen MR) is 163 cm³/mol. The van der Waals surface area contributed by atoms with Crippen LogP contribution in [-0.4, -0.2) is 12.7 Å². The van der Waals surface area contributed by atoms with Gasteiger partial charge in [0.15, 0.2) is 0 Å². The molecular weight excluding hydrogens is 503 g/mol. The van der Waals surface area contributed by atoms with Crippen molar-refractivity contribution < 1.29 is 14.4 Å². The third-order valence-corrected chi connectivity index (χ3v) is 8.40. The molecule has 6 aromatic rings. The van der Waals surface area contributed by atoms with Crippen molar-refractivity contribution in [1.82, 2.24) is 0 Å². The Morgan fingerprint density at radius 1 is 0.488 bits per heavy atom. The molecule has 8 rings (SSSR count). The first kappa shape index (κ1) is 23.8. The van der Waals surface area contributed by atoms with Crippen molar-refractivity contribution in [2.45, 2.75) is 5.41 Å². The number of ether oxygens (including phenoxy) is 1. The molecule has 41 heavy (non-hydrogen) atoms. The Bertz CT molecular complexity index is 1920. The highest BCUT2D eigenvalue weighted by molar-refractivity contribution is 6.17. The lowest BCUT2D eigenvalue weighted by Crippen LogP contribution is -2.32. The molecule has 0 saturated heterocycles. The van der Waals surface area contributed by atoms with E-state index in [0.29, 0.717) is 13.4 Å². The van der Waals surface area contributed by atoms with Gasteiger partial charge in [-0.3, -0.25) is 0 Å². The highest BCUT2D eigenvalue weighted by Crippen LogP contribution is 2.62. The Morgan fingerprint density at radius 2 is 1.05 bits per heavy atom. The molecule has 6 aromatic carbocycles. The molecule has 4 heteroatoms. The number of hydrogen-bond donors (Lipinski definition) is 1. The van der Waals surface area contributed by atoms with Crippen LogP contribution in [0.25, 0.3) is 33.4 Å². The Labute approximate surface area is 239 Å². The van der Waals surface area contributed by atoms with Crippen LogP contribution in [0.15, 0.2) is 140 Å². The maximum Gasteiger partial charge on any atom is 0.569 e. The summed E-state index contributed by atoms with van der Waals surface area (Å²) in [7, 11) is 0.706. The minimum Gasteiger partial charge on any atom is -0.537 e. The highest BCUT2D eigenvalue weighted by Gasteiger charge is 2.50. The van der Waals surface area contributed by atoms with Gasteiger partial charge in [0.1, 0.15) is 17.2 Å². The van der Waals surface area contributed by atoms with Gasteiger partial charge in [0.05, 0.1) is 5.41 Å². The second-order valence-electron chi connectivity index (χ2n) is 10.5. The zero-order chi connectivity index (χ0) is 27.4. The SMILES string of the molecule is O[B]Oc1cccc(-c2cccc(-c3ccc4c(c3)C3(c5ccccc5O4)c4ccccc4-c4ccccc43)c2)c1. The summed E-state index contributed by atoms with van der Waals surface area (Å²) in [5.74, 6) is 2.35. The summed E-state index contributed by atoms with van der Waals surface area (Å²) >= 11 is 0. The number of para-hydroxylation sites is 1. The fourth-order valence-corrected chi connectivity index (χ4v) is 6.72. The van der Waals surface area contributed by atoms with Gasteiger partial charge in [-0.1, -0.05) is 103 Å². The number of fused-ring (bicyclic) bond motifs is 9. The number of benzene rings is 6. The monoisotopic (exact) mass is 527 g/mol. The van der Waals surface area contributed by atoms with Gasteiger partial charge in [-0.05, 0) is 80.9 Å². The van der Waals surface area contributed by atoms with Crippen molar-refractivity contribution in [3.8, 4) is 50.6 Å². The second-order valence-corrected chi connectivity index (χ2v) is 10.5. The van der Waals surface area contributed by atoms with Gasteiger partial charge in [0, 0.05) is 11.1 Å². The van der Waals surface area contributed by atoms with Crippen LogP contribution in [0.2, 0.25) is 0 Å². The minimum atomic E-state index is -0.489. The standard InChI is InChI=1S/C37H24BO3/c39-38-41-28-12-8-11-26(22-28)24-9-7-10-25(21-24)27-19-20-36-34(23-27)37(33-17-5-6-18-35(33)40-36)31-15-3-1-13-29(31)30-14-2-4-16-32(30)37/h1-23,39H. The van der Waals surface area contributed by atoms with Crippen molar-refractivity contribution in [2.75, 3.05) is 0 Å². The smallest absolute Gasteiger partial charge is 0.537 e. The molecule has 1 spiro atoms. The predicted octanol–water partition coefficient (Wildman–Crippen LogP) is 8.39. The largest absolute Gasteiger partial charge is 0.569 e. The first-order valence-corrected chi connectivity index (χ1v) is 13.7. The van der Waals surface area contributed by atoms with Crippen LogP contribution in [-0.2, 0) is 5.41 Å². The Hall–Kier alpha value is -5.06. The summed E-state index contributed by atoms with van der Waals surface area (Å²) in [6.07, 6.45) is 0. The van der Waals surface area contributed by atoms with E-state index in [1.54, 1.807) is 0 Å². The van der Waals surface area contributed by atoms with Crippen LogP contribution in [0.3, 0.4) is 0 Å². The molecule has 1 aliphatic carbocycles. The first-order chi connectivity index (χ1) is 20.3. The average Bonchev–Trinajstić information content (AvgIpc) is 3.32. The molecule has 3 nitrogen and oxygen atoms in total. The van der Waals surface area contributed by atoms with Gasteiger partial charge in [-0.15, -0.1) is 0 Å². The van der Waals surface area contributed by atoms with E-state index < -0.39 is 5.41 Å². The van der Waals surface area contributed by atoms with E-state index in [9.17, 15) is 0 Å². The Morgan fingerprint density at radius 3 is 1.76 bits per heavy atom. The summed E-state index contributed by atoms with van der Waals surface area (Å²) in [5.41, 5.74) is 11.2. The minimum absolute atomic E-state index is 0.489. The third kappa shape index (κ3) is 3.51. The molecule has 1 heterocycles. The molecule has 1 aliphatic heterocycles. The van der Waals surface area contributed by atoms with Crippen LogP contribution in [0, 0.1) is 0 Å². The fourth-order valence-electron chi connectivity index (χ4n) is 6.72. The third-order valence-electron chi connectivity index (χ3n) is 8.40. The Kier molecular flexibility index (Phi) is 5.37. The van der Waals surface area contributed by atoms with Gasteiger partial charge < -0.3 is 14.4 Å². The lowest BCUT2D eigenvalue weighted by atomic mass is 9.66. The van der Waals surface area contributed by atoms with Crippen molar-refractivity contribution in [1.29, 1.82) is 0 Å². The summed E-state index contributed by atoms with van der Waals surface area (Å²) in [6, 6.07) is 48.8. The van der Waals surface area contributed by atoms with Gasteiger partial charge in [-0.2, -0.15) is 0 Å². The Balaban J connectivity index is 1.35. The molecule has 0 bridgehead atoms. The second kappa shape index (κ2) is 9.26. The van der Waals surface area contributed by atoms with E-state index in [1.165, 1.54) is 22.3 Å². The van der Waals surface area contributed by atoms with Crippen molar-refractivity contribution >= 4 is 7.69 Å². The fraction of sp³-hybridized carbons (Fsp3) is 0.0270. The van der Waals surface area contributed by atoms with E-state index in [-0.39, 0.29) is 0 Å². The summed E-state index contributed by atoms with van der Waals surface area (Å²) in [4.78, 5) is 0. The summed E-state index contributed by atoms with van der Waals surface area (Å²) in [6.45, 7) is 0. The molecule has 0 saturated carbocycles. The van der Waals surface area contributed by atoms with Gasteiger partial charge >= 0.3 is 7.69 Å². The number of hydrogen-bond acceptors (Lipinski definition) is 3. The van der Waals surface area contributed by atoms with Crippen molar-refractivity contribution in [2.24, 2.45) is 0 Å². The molecule has 0 aromatic heterocycles.